The van der Waals surface area contributed by atoms with Crippen molar-refractivity contribution in [3.63, 3.8) is 0 Å². The summed E-state index contributed by atoms with van der Waals surface area (Å²) in [6.07, 6.45) is 11.7. The van der Waals surface area contributed by atoms with E-state index in [0.29, 0.717) is 0 Å². The smallest absolute Gasteiger partial charge is 0.0414 e. The molecule has 0 nitrogen and oxygen atoms in total. The zero-order chi connectivity index (χ0) is 12.4. The van der Waals surface area contributed by atoms with Crippen LogP contribution in [0.2, 0.25) is 0 Å². The van der Waals surface area contributed by atoms with E-state index in [1.54, 1.807) is 0 Å². The molecule has 0 heteroatoms. The molecular weight excluding hydrogens is 192 g/mol. The lowest BCUT2D eigenvalue weighted by atomic mass is 9.80. The van der Waals surface area contributed by atoms with E-state index in [9.17, 15) is 0 Å². The van der Waals surface area contributed by atoms with Crippen LogP contribution in [0.4, 0.5) is 0 Å². The van der Waals surface area contributed by atoms with Crippen LogP contribution in [0, 0.1) is 17.8 Å². The Kier molecular flexibility index (Phi) is 10.2. The molecule has 0 atom stereocenters. The first kappa shape index (κ1) is 16.0. The second-order valence-electron chi connectivity index (χ2n) is 6.16. The van der Waals surface area contributed by atoms with E-state index >= 15 is 0 Å². The standard InChI is InChI=1S/C13H26.C3H8/c1-11(2)5-4-6-13-9-7-12(3)8-10-13;1-3-2/h11-13H,4-10H2,1-3H3;3H2,1-2H3. The Balaban J connectivity index is 0.000000673. The van der Waals surface area contributed by atoms with Crippen LogP contribution >= 0.6 is 0 Å². The minimum absolute atomic E-state index is 0.905. The summed E-state index contributed by atoms with van der Waals surface area (Å²) in [6, 6.07) is 0. The molecule has 1 aliphatic rings. The maximum absolute atomic E-state index is 2.41. The van der Waals surface area contributed by atoms with Gasteiger partial charge in [0.2, 0.25) is 0 Å². The van der Waals surface area contributed by atoms with E-state index in [-0.39, 0.29) is 0 Å². The molecule has 0 aromatic rings. The topological polar surface area (TPSA) is 0 Å². The third-order valence-electron chi connectivity index (χ3n) is 3.53. The molecule has 0 aromatic heterocycles. The molecule has 1 rings (SSSR count). The van der Waals surface area contributed by atoms with Crippen LogP contribution in [0.25, 0.3) is 0 Å². The molecule has 0 amide bonds. The van der Waals surface area contributed by atoms with Crippen molar-refractivity contribution in [1.82, 2.24) is 0 Å². The highest BCUT2D eigenvalue weighted by atomic mass is 14.2. The van der Waals surface area contributed by atoms with Crippen LogP contribution in [-0.4, -0.2) is 0 Å². The van der Waals surface area contributed by atoms with Crippen LogP contribution < -0.4 is 0 Å². The molecule has 0 saturated heterocycles. The Morgan fingerprint density at radius 3 is 1.94 bits per heavy atom. The SMILES string of the molecule is CC(C)CCCC1CCC(C)CC1.CCC. The summed E-state index contributed by atoms with van der Waals surface area (Å²) in [4.78, 5) is 0. The average molecular weight is 226 g/mol. The Labute approximate surface area is 104 Å². The van der Waals surface area contributed by atoms with Crippen LogP contribution in [0.5, 0.6) is 0 Å². The van der Waals surface area contributed by atoms with Crippen molar-refractivity contribution in [1.29, 1.82) is 0 Å². The van der Waals surface area contributed by atoms with E-state index in [2.05, 4.69) is 34.6 Å². The minimum atomic E-state index is 0.905. The fraction of sp³-hybridized carbons (Fsp3) is 1.00. The second kappa shape index (κ2) is 10.2. The molecule has 1 aliphatic carbocycles. The fourth-order valence-corrected chi connectivity index (χ4v) is 2.43. The van der Waals surface area contributed by atoms with Gasteiger partial charge in [-0.05, 0) is 17.8 Å². The van der Waals surface area contributed by atoms with Crippen molar-refractivity contribution >= 4 is 0 Å². The lowest BCUT2D eigenvalue weighted by Crippen LogP contribution is -2.12. The fourth-order valence-electron chi connectivity index (χ4n) is 2.43. The van der Waals surface area contributed by atoms with Gasteiger partial charge in [-0.3, -0.25) is 0 Å². The highest BCUT2D eigenvalue weighted by molar-refractivity contribution is 4.70. The van der Waals surface area contributed by atoms with Gasteiger partial charge in [-0.1, -0.05) is 86.0 Å². The van der Waals surface area contributed by atoms with Crippen LogP contribution in [-0.2, 0) is 0 Å². The monoisotopic (exact) mass is 226 g/mol. The van der Waals surface area contributed by atoms with Crippen molar-refractivity contribution in [2.75, 3.05) is 0 Å². The van der Waals surface area contributed by atoms with Gasteiger partial charge in [-0.2, -0.15) is 0 Å². The Hall–Kier alpha value is 0. The first-order valence-corrected chi connectivity index (χ1v) is 7.60. The molecule has 1 saturated carbocycles. The Bertz CT molecular complexity index is 129. The maximum atomic E-state index is 2.41. The largest absolute Gasteiger partial charge is 0.0656 e. The normalized spacial score (nSPS) is 25.1. The molecule has 98 valence electrons. The van der Waals surface area contributed by atoms with Gasteiger partial charge in [-0.25, -0.2) is 0 Å². The molecule has 0 aromatic carbocycles. The molecule has 0 spiro atoms. The Morgan fingerprint density at radius 2 is 1.50 bits per heavy atom. The third kappa shape index (κ3) is 9.24. The van der Waals surface area contributed by atoms with Crippen LogP contribution in [0.15, 0.2) is 0 Å². The van der Waals surface area contributed by atoms with Gasteiger partial charge in [0.05, 0.1) is 0 Å². The van der Waals surface area contributed by atoms with Gasteiger partial charge in [0, 0.05) is 0 Å². The molecule has 0 N–H and O–H groups in total. The molecule has 0 heterocycles. The van der Waals surface area contributed by atoms with E-state index in [1.165, 1.54) is 51.4 Å². The molecule has 0 radical (unpaired) electrons. The molecule has 1 fully saturated rings. The predicted octanol–water partition coefficient (Wildman–Crippen LogP) is 6.06. The van der Waals surface area contributed by atoms with E-state index in [4.69, 9.17) is 0 Å². The average Bonchev–Trinajstić information content (AvgIpc) is 2.22. The highest BCUT2D eigenvalue weighted by Gasteiger charge is 2.17. The summed E-state index contributed by atoms with van der Waals surface area (Å²) in [7, 11) is 0. The van der Waals surface area contributed by atoms with Gasteiger partial charge in [-0.15, -0.1) is 0 Å². The van der Waals surface area contributed by atoms with Gasteiger partial charge in [0.15, 0.2) is 0 Å². The van der Waals surface area contributed by atoms with Crippen molar-refractivity contribution in [3.8, 4) is 0 Å². The summed E-state index contributed by atoms with van der Waals surface area (Å²) < 4.78 is 0. The summed E-state index contributed by atoms with van der Waals surface area (Å²) >= 11 is 0. The van der Waals surface area contributed by atoms with Gasteiger partial charge in [0.25, 0.3) is 0 Å². The van der Waals surface area contributed by atoms with Crippen molar-refractivity contribution in [2.24, 2.45) is 17.8 Å². The van der Waals surface area contributed by atoms with Crippen LogP contribution in [0.1, 0.15) is 86.0 Å². The third-order valence-corrected chi connectivity index (χ3v) is 3.53. The summed E-state index contributed by atoms with van der Waals surface area (Å²) in [5.74, 6) is 3.00. The summed E-state index contributed by atoms with van der Waals surface area (Å²) in [6.45, 7) is 11.3. The maximum Gasteiger partial charge on any atom is -0.0414 e. The number of hydrogen-bond donors (Lipinski definition) is 0. The zero-order valence-electron chi connectivity index (χ0n) is 12.4. The number of hydrogen-bond acceptors (Lipinski definition) is 0. The molecule has 0 aliphatic heterocycles. The first-order chi connectivity index (χ1) is 7.60. The second-order valence-corrected chi connectivity index (χ2v) is 6.16. The summed E-state index contributed by atoms with van der Waals surface area (Å²) in [5.41, 5.74) is 0. The van der Waals surface area contributed by atoms with Crippen molar-refractivity contribution in [2.45, 2.75) is 86.0 Å². The molecule has 0 unspecified atom stereocenters. The molecule has 0 bridgehead atoms. The van der Waals surface area contributed by atoms with Crippen molar-refractivity contribution < 1.29 is 0 Å². The van der Waals surface area contributed by atoms with Gasteiger partial charge >= 0.3 is 0 Å². The van der Waals surface area contributed by atoms with E-state index < -0.39 is 0 Å². The predicted molar refractivity (Wildman–Crippen MR) is 75.8 cm³/mol. The quantitative estimate of drug-likeness (QED) is 0.547. The summed E-state index contributed by atoms with van der Waals surface area (Å²) in [5, 5.41) is 0. The van der Waals surface area contributed by atoms with E-state index in [0.717, 1.165) is 17.8 Å². The number of rotatable bonds is 4. The lowest BCUT2D eigenvalue weighted by molar-refractivity contribution is 0.269. The minimum Gasteiger partial charge on any atom is -0.0656 e. The Morgan fingerprint density at radius 1 is 1.00 bits per heavy atom. The lowest BCUT2D eigenvalue weighted by Gasteiger charge is -2.26. The van der Waals surface area contributed by atoms with Crippen LogP contribution in [0.3, 0.4) is 0 Å². The highest BCUT2D eigenvalue weighted by Crippen LogP contribution is 2.31. The molecule has 16 heavy (non-hydrogen) atoms. The van der Waals surface area contributed by atoms with Gasteiger partial charge in [0.1, 0.15) is 0 Å². The zero-order valence-corrected chi connectivity index (χ0v) is 12.4. The first-order valence-electron chi connectivity index (χ1n) is 7.60. The van der Waals surface area contributed by atoms with E-state index in [1.807, 2.05) is 0 Å². The molecular formula is C16H34. The van der Waals surface area contributed by atoms with Crippen molar-refractivity contribution in [3.05, 3.63) is 0 Å². The van der Waals surface area contributed by atoms with Gasteiger partial charge < -0.3 is 0 Å².